The normalized spacial score (nSPS) is 18.9. The van der Waals surface area contributed by atoms with Gasteiger partial charge in [0, 0.05) is 24.7 Å². The minimum absolute atomic E-state index is 0.572. The van der Waals surface area contributed by atoms with Crippen molar-refractivity contribution in [3.63, 3.8) is 0 Å². The molecule has 3 heteroatoms. The SMILES string of the molecule is CCNCc1cc2c(cc1OC)CNC(C)C2. The first kappa shape index (κ1) is 12.4. The number of benzene rings is 1. The van der Waals surface area contributed by atoms with Gasteiger partial charge in [-0.05, 0) is 37.1 Å². The van der Waals surface area contributed by atoms with Crippen molar-refractivity contribution in [1.82, 2.24) is 10.6 Å². The van der Waals surface area contributed by atoms with Gasteiger partial charge in [0.05, 0.1) is 7.11 Å². The smallest absolute Gasteiger partial charge is 0.123 e. The Hall–Kier alpha value is -1.06. The van der Waals surface area contributed by atoms with E-state index in [0.717, 1.165) is 31.8 Å². The van der Waals surface area contributed by atoms with Crippen LogP contribution in [0.25, 0.3) is 0 Å². The van der Waals surface area contributed by atoms with Crippen molar-refractivity contribution < 1.29 is 4.74 Å². The molecular weight excluding hydrogens is 212 g/mol. The van der Waals surface area contributed by atoms with Gasteiger partial charge in [-0.1, -0.05) is 13.0 Å². The second-order valence-corrected chi connectivity index (χ2v) is 4.70. The average Bonchev–Trinajstić information content (AvgIpc) is 2.35. The van der Waals surface area contributed by atoms with E-state index in [1.807, 2.05) is 0 Å². The summed E-state index contributed by atoms with van der Waals surface area (Å²) in [5, 5.41) is 6.84. The zero-order chi connectivity index (χ0) is 12.3. The van der Waals surface area contributed by atoms with E-state index in [1.54, 1.807) is 7.11 Å². The summed E-state index contributed by atoms with van der Waals surface area (Å²) in [4.78, 5) is 0. The second kappa shape index (κ2) is 5.52. The predicted octanol–water partition coefficient (Wildman–Crippen LogP) is 1.84. The summed E-state index contributed by atoms with van der Waals surface area (Å²) in [5.41, 5.74) is 4.10. The molecule has 1 unspecified atom stereocenters. The Kier molecular flexibility index (Phi) is 4.02. The van der Waals surface area contributed by atoms with E-state index in [9.17, 15) is 0 Å². The molecule has 1 aromatic carbocycles. The lowest BCUT2D eigenvalue weighted by molar-refractivity contribution is 0.405. The van der Waals surface area contributed by atoms with Gasteiger partial charge in [0.25, 0.3) is 0 Å². The van der Waals surface area contributed by atoms with Crippen LogP contribution in [0.5, 0.6) is 5.75 Å². The van der Waals surface area contributed by atoms with Crippen LogP contribution in [0, 0.1) is 0 Å². The third-order valence-electron chi connectivity index (χ3n) is 3.34. The van der Waals surface area contributed by atoms with Crippen LogP contribution in [-0.4, -0.2) is 19.7 Å². The molecule has 0 saturated carbocycles. The van der Waals surface area contributed by atoms with E-state index >= 15 is 0 Å². The van der Waals surface area contributed by atoms with Crippen molar-refractivity contribution in [2.45, 2.75) is 39.4 Å². The molecule has 0 fully saturated rings. The highest BCUT2D eigenvalue weighted by Gasteiger charge is 2.17. The third-order valence-corrected chi connectivity index (χ3v) is 3.34. The van der Waals surface area contributed by atoms with Gasteiger partial charge in [0.2, 0.25) is 0 Å². The number of methoxy groups -OCH3 is 1. The average molecular weight is 234 g/mol. The van der Waals surface area contributed by atoms with E-state index in [1.165, 1.54) is 16.7 Å². The maximum atomic E-state index is 5.47. The molecule has 1 aliphatic heterocycles. The molecular formula is C14H22N2O. The fraction of sp³-hybridized carbons (Fsp3) is 0.571. The zero-order valence-electron chi connectivity index (χ0n) is 11.0. The van der Waals surface area contributed by atoms with Crippen molar-refractivity contribution in [3.8, 4) is 5.75 Å². The lowest BCUT2D eigenvalue weighted by Gasteiger charge is -2.25. The summed E-state index contributed by atoms with van der Waals surface area (Å²) >= 11 is 0. The largest absolute Gasteiger partial charge is 0.496 e. The molecule has 94 valence electrons. The highest BCUT2D eigenvalue weighted by atomic mass is 16.5. The Morgan fingerprint density at radius 1 is 1.41 bits per heavy atom. The number of hydrogen-bond donors (Lipinski definition) is 2. The molecule has 0 amide bonds. The van der Waals surface area contributed by atoms with Crippen LogP contribution < -0.4 is 15.4 Å². The first-order chi connectivity index (χ1) is 8.24. The van der Waals surface area contributed by atoms with Crippen LogP contribution in [0.4, 0.5) is 0 Å². The minimum atomic E-state index is 0.572. The Morgan fingerprint density at radius 3 is 2.94 bits per heavy atom. The van der Waals surface area contributed by atoms with Crippen molar-refractivity contribution in [3.05, 3.63) is 28.8 Å². The Balaban J connectivity index is 2.28. The van der Waals surface area contributed by atoms with Gasteiger partial charge >= 0.3 is 0 Å². The van der Waals surface area contributed by atoms with Crippen LogP contribution in [0.15, 0.2) is 12.1 Å². The first-order valence-electron chi connectivity index (χ1n) is 6.37. The molecule has 0 radical (unpaired) electrons. The highest BCUT2D eigenvalue weighted by molar-refractivity contribution is 5.44. The van der Waals surface area contributed by atoms with E-state index in [0.29, 0.717) is 6.04 Å². The molecule has 0 aliphatic carbocycles. The highest BCUT2D eigenvalue weighted by Crippen LogP contribution is 2.26. The third kappa shape index (κ3) is 2.79. The molecule has 3 nitrogen and oxygen atoms in total. The summed E-state index contributed by atoms with van der Waals surface area (Å²) in [6.45, 7) is 7.18. The summed E-state index contributed by atoms with van der Waals surface area (Å²) in [6.07, 6.45) is 1.11. The van der Waals surface area contributed by atoms with E-state index in [2.05, 4.69) is 36.6 Å². The molecule has 0 saturated heterocycles. The van der Waals surface area contributed by atoms with Crippen LogP contribution in [0.3, 0.4) is 0 Å². The predicted molar refractivity (Wildman–Crippen MR) is 70.4 cm³/mol. The van der Waals surface area contributed by atoms with Crippen LogP contribution in [0.1, 0.15) is 30.5 Å². The number of ether oxygens (including phenoxy) is 1. The van der Waals surface area contributed by atoms with Crippen molar-refractivity contribution in [1.29, 1.82) is 0 Å². The lowest BCUT2D eigenvalue weighted by Crippen LogP contribution is -2.33. The van der Waals surface area contributed by atoms with Gasteiger partial charge in [0.1, 0.15) is 5.75 Å². The molecule has 2 rings (SSSR count). The van der Waals surface area contributed by atoms with Crippen molar-refractivity contribution >= 4 is 0 Å². The van der Waals surface area contributed by atoms with E-state index in [-0.39, 0.29) is 0 Å². The lowest BCUT2D eigenvalue weighted by atomic mass is 9.94. The van der Waals surface area contributed by atoms with Gasteiger partial charge in [0.15, 0.2) is 0 Å². The molecule has 17 heavy (non-hydrogen) atoms. The Bertz CT molecular complexity index is 390. The van der Waals surface area contributed by atoms with Gasteiger partial charge in [-0.2, -0.15) is 0 Å². The Labute approximate surface area is 104 Å². The maximum absolute atomic E-state index is 5.47. The van der Waals surface area contributed by atoms with E-state index in [4.69, 9.17) is 4.74 Å². The zero-order valence-corrected chi connectivity index (χ0v) is 11.0. The monoisotopic (exact) mass is 234 g/mol. The maximum Gasteiger partial charge on any atom is 0.123 e. The minimum Gasteiger partial charge on any atom is -0.496 e. The molecule has 1 aromatic rings. The topological polar surface area (TPSA) is 33.3 Å². The quantitative estimate of drug-likeness (QED) is 0.834. The summed E-state index contributed by atoms with van der Waals surface area (Å²) in [5.74, 6) is 1.00. The number of nitrogens with one attached hydrogen (secondary N) is 2. The van der Waals surface area contributed by atoms with Gasteiger partial charge in [-0.3, -0.25) is 0 Å². The molecule has 2 N–H and O–H groups in total. The van der Waals surface area contributed by atoms with Crippen LogP contribution >= 0.6 is 0 Å². The summed E-state index contributed by atoms with van der Waals surface area (Å²) in [7, 11) is 1.75. The molecule has 1 heterocycles. The van der Waals surface area contributed by atoms with Crippen LogP contribution in [0.2, 0.25) is 0 Å². The molecule has 1 aliphatic rings. The fourth-order valence-electron chi connectivity index (χ4n) is 2.35. The van der Waals surface area contributed by atoms with E-state index < -0.39 is 0 Å². The van der Waals surface area contributed by atoms with Gasteiger partial charge < -0.3 is 15.4 Å². The van der Waals surface area contributed by atoms with Crippen LogP contribution in [-0.2, 0) is 19.5 Å². The number of hydrogen-bond acceptors (Lipinski definition) is 3. The van der Waals surface area contributed by atoms with Crippen molar-refractivity contribution in [2.24, 2.45) is 0 Å². The summed E-state index contributed by atoms with van der Waals surface area (Å²) < 4.78 is 5.47. The number of rotatable bonds is 4. The molecule has 0 bridgehead atoms. The summed E-state index contributed by atoms with van der Waals surface area (Å²) in [6, 6.07) is 5.05. The van der Waals surface area contributed by atoms with Gasteiger partial charge in [-0.25, -0.2) is 0 Å². The second-order valence-electron chi connectivity index (χ2n) is 4.70. The molecule has 0 spiro atoms. The first-order valence-corrected chi connectivity index (χ1v) is 6.37. The van der Waals surface area contributed by atoms with Crippen molar-refractivity contribution in [2.75, 3.05) is 13.7 Å². The standard InChI is InChI=1S/C14H22N2O/c1-4-15-8-13-6-11-5-10(2)16-9-12(11)7-14(13)17-3/h6-7,10,15-16H,4-5,8-9H2,1-3H3. The van der Waals surface area contributed by atoms with Gasteiger partial charge in [-0.15, -0.1) is 0 Å². The number of fused-ring (bicyclic) bond motifs is 1. The molecule has 0 aromatic heterocycles. The fourth-order valence-corrected chi connectivity index (χ4v) is 2.35. The molecule has 1 atom stereocenters. The Morgan fingerprint density at radius 2 is 2.24 bits per heavy atom.